The Balaban J connectivity index is 1.39. The second kappa shape index (κ2) is 9.87. The predicted molar refractivity (Wildman–Crippen MR) is 121 cm³/mol. The Morgan fingerprint density at radius 3 is 2.68 bits per heavy atom. The van der Waals surface area contributed by atoms with E-state index in [2.05, 4.69) is 26.8 Å². The van der Waals surface area contributed by atoms with Crippen molar-refractivity contribution in [1.82, 2.24) is 24.6 Å². The number of anilines is 1. The van der Waals surface area contributed by atoms with Crippen molar-refractivity contribution in [2.45, 2.75) is 45.2 Å². The van der Waals surface area contributed by atoms with E-state index in [1.165, 1.54) is 0 Å². The van der Waals surface area contributed by atoms with Gasteiger partial charge in [0.05, 0.1) is 23.5 Å². The van der Waals surface area contributed by atoms with Crippen LogP contribution >= 0.6 is 11.6 Å². The maximum absolute atomic E-state index is 12.0. The zero-order valence-corrected chi connectivity index (χ0v) is 19.0. The van der Waals surface area contributed by atoms with Crippen LogP contribution in [-0.4, -0.2) is 82.1 Å². The first-order valence-corrected chi connectivity index (χ1v) is 11.6. The van der Waals surface area contributed by atoms with E-state index >= 15 is 0 Å². The molecular formula is C22H31ClN6O2. The molecule has 0 saturated carbocycles. The van der Waals surface area contributed by atoms with Crippen LogP contribution in [0.15, 0.2) is 30.7 Å². The third kappa shape index (κ3) is 4.80. The van der Waals surface area contributed by atoms with E-state index in [1.807, 2.05) is 36.4 Å². The summed E-state index contributed by atoms with van der Waals surface area (Å²) in [5.41, 5.74) is 0.859. The molecule has 4 heterocycles. The number of pyridine rings is 1. The summed E-state index contributed by atoms with van der Waals surface area (Å²) in [5, 5.41) is 4.90. The predicted octanol–water partition coefficient (Wildman–Crippen LogP) is 3.44. The van der Waals surface area contributed by atoms with E-state index in [0.717, 1.165) is 63.5 Å². The number of likely N-dealkylation sites (tertiary alicyclic amines) is 1. The molecule has 1 amide bonds. The van der Waals surface area contributed by atoms with Crippen molar-refractivity contribution >= 4 is 23.5 Å². The summed E-state index contributed by atoms with van der Waals surface area (Å²) < 4.78 is 6.91. The van der Waals surface area contributed by atoms with Gasteiger partial charge in [-0.25, -0.2) is 14.5 Å². The van der Waals surface area contributed by atoms with E-state index in [0.29, 0.717) is 23.7 Å². The monoisotopic (exact) mass is 446 g/mol. The number of nitrogens with zero attached hydrogens (tertiary/aromatic N) is 6. The zero-order chi connectivity index (χ0) is 21.8. The number of aromatic nitrogens is 3. The average Bonchev–Trinajstić information content (AvgIpc) is 3.34. The highest BCUT2D eigenvalue weighted by Gasteiger charge is 2.34. The van der Waals surface area contributed by atoms with Crippen LogP contribution in [0.5, 0.6) is 0 Å². The number of piperidine rings is 1. The normalized spacial score (nSPS) is 20.8. The lowest BCUT2D eigenvalue weighted by Gasteiger charge is -2.47. The zero-order valence-electron chi connectivity index (χ0n) is 18.3. The number of hydrogen-bond acceptors (Lipinski definition) is 6. The van der Waals surface area contributed by atoms with Crippen molar-refractivity contribution in [3.8, 4) is 5.69 Å². The third-order valence-electron chi connectivity index (χ3n) is 6.33. The number of carbonyl (C=O) groups is 1. The van der Waals surface area contributed by atoms with Crippen LogP contribution in [0.3, 0.4) is 0 Å². The lowest BCUT2D eigenvalue weighted by atomic mass is 9.98. The molecule has 2 aliphatic heterocycles. The summed E-state index contributed by atoms with van der Waals surface area (Å²) in [5.74, 6) is 0.841. The van der Waals surface area contributed by atoms with Crippen molar-refractivity contribution < 1.29 is 9.53 Å². The van der Waals surface area contributed by atoms with Crippen LogP contribution in [0.25, 0.3) is 5.69 Å². The molecular weight excluding hydrogens is 416 g/mol. The lowest BCUT2D eigenvalue weighted by molar-refractivity contribution is 0.0522. The van der Waals surface area contributed by atoms with Crippen LogP contribution < -0.4 is 4.90 Å². The molecule has 4 rings (SSSR count). The number of amides is 1. The molecule has 168 valence electrons. The highest BCUT2D eigenvalue weighted by molar-refractivity contribution is 6.33. The Labute approximate surface area is 188 Å². The fourth-order valence-corrected chi connectivity index (χ4v) is 4.98. The van der Waals surface area contributed by atoms with Gasteiger partial charge in [0, 0.05) is 57.2 Å². The quantitative estimate of drug-likeness (QED) is 0.700. The Kier molecular flexibility index (Phi) is 6.97. The molecule has 2 aromatic rings. The van der Waals surface area contributed by atoms with E-state index in [1.54, 1.807) is 10.9 Å². The molecule has 1 atom stereocenters. The number of piperazine rings is 1. The van der Waals surface area contributed by atoms with Gasteiger partial charge < -0.3 is 14.5 Å². The number of rotatable bonds is 5. The summed E-state index contributed by atoms with van der Waals surface area (Å²) in [7, 11) is 0. The standard InChI is InChI=1S/C22H31ClN6O2/c1-3-17-16-27(21-20(23)14-19(15-24-21)29-9-5-8-25-29)12-13-28(17)18-6-10-26(11-7-18)22(30)31-4-2/h5,8-9,14-15,17-18H,3-4,6-7,10-13,16H2,1-2H3. The van der Waals surface area contributed by atoms with Gasteiger partial charge >= 0.3 is 6.09 Å². The van der Waals surface area contributed by atoms with Crippen molar-refractivity contribution in [2.24, 2.45) is 0 Å². The van der Waals surface area contributed by atoms with Crippen molar-refractivity contribution in [2.75, 3.05) is 44.2 Å². The summed E-state index contributed by atoms with van der Waals surface area (Å²) in [6, 6.07) is 4.75. The molecule has 2 saturated heterocycles. The molecule has 0 aliphatic carbocycles. The van der Waals surface area contributed by atoms with E-state index in [4.69, 9.17) is 16.3 Å². The topological polar surface area (TPSA) is 66.7 Å². The second-order valence-electron chi connectivity index (χ2n) is 8.11. The van der Waals surface area contributed by atoms with Crippen molar-refractivity contribution in [3.05, 3.63) is 35.7 Å². The van der Waals surface area contributed by atoms with E-state index in [-0.39, 0.29) is 6.09 Å². The Hall–Kier alpha value is -2.32. The maximum atomic E-state index is 12.0. The molecule has 2 aromatic heterocycles. The number of carbonyl (C=O) groups excluding carboxylic acids is 1. The second-order valence-corrected chi connectivity index (χ2v) is 8.52. The fourth-order valence-electron chi connectivity index (χ4n) is 4.70. The van der Waals surface area contributed by atoms with Crippen LogP contribution in [-0.2, 0) is 4.74 Å². The van der Waals surface area contributed by atoms with Gasteiger partial charge in [0.1, 0.15) is 5.82 Å². The summed E-state index contributed by atoms with van der Waals surface area (Å²) in [4.78, 5) is 23.4. The summed E-state index contributed by atoms with van der Waals surface area (Å²) in [6.45, 7) is 8.82. The molecule has 2 aliphatic rings. The van der Waals surface area contributed by atoms with Gasteiger partial charge in [0.25, 0.3) is 0 Å². The van der Waals surface area contributed by atoms with Gasteiger partial charge in [-0.2, -0.15) is 5.10 Å². The SMILES string of the molecule is CCOC(=O)N1CCC(N2CCN(c3ncc(-n4cccn4)cc3Cl)CC2CC)CC1. The molecule has 0 spiro atoms. The Bertz CT molecular complexity index is 869. The fraction of sp³-hybridized carbons (Fsp3) is 0.591. The molecule has 31 heavy (non-hydrogen) atoms. The third-order valence-corrected chi connectivity index (χ3v) is 6.61. The van der Waals surface area contributed by atoms with E-state index < -0.39 is 0 Å². The van der Waals surface area contributed by atoms with Gasteiger partial charge in [-0.1, -0.05) is 18.5 Å². The maximum Gasteiger partial charge on any atom is 0.409 e. The number of ether oxygens (including phenoxy) is 1. The van der Waals surface area contributed by atoms with Gasteiger partial charge in [0.2, 0.25) is 0 Å². The molecule has 8 nitrogen and oxygen atoms in total. The van der Waals surface area contributed by atoms with Gasteiger partial charge in [-0.3, -0.25) is 4.90 Å². The Morgan fingerprint density at radius 1 is 1.23 bits per heavy atom. The molecule has 2 fully saturated rings. The minimum atomic E-state index is -0.183. The molecule has 1 unspecified atom stereocenters. The largest absolute Gasteiger partial charge is 0.450 e. The van der Waals surface area contributed by atoms with Gasteiger partial charge in [0.15, 0.2) is 0 Å². The van der Waals surface area contributed by atoms with Crippen LogP contribution in [0.1, 0.15) is 33.1 Å². The van der Waals surface area contributed by atoms with Gasteiger partial charge in [-0.15, -0.1) is 0 Å². The minimum absolute atomic E-state index is 0.183. The summed E-state index contributed by atoms with van der Waals surface area (Å²) in [6.07, 6.45) is 8.32. The molecule has 0 radical (unpaired) electrons. The van der Waals surface area contributed by atoms with Crippen LogP contribution in [0.4, 0.5) is 10.6 Å². The lowest BCUT2D eigenvalue weighted by Crippen LogP contribution is -2.58. The first kappa shape index (κ1) is 21.9. The number of hydrogen-bond donors (Lipinski definition) is 0. The molecule has 0 N–H and O–H groups in total. The molecule has 0 bridgehead atoms. The highest BCUT2D eigenvalue weighted by Crippen LogP contribution is 2.30. The first-order chi connectivity index (χ1) is 15.1. The first-order valence-electron chi connectivity index (χ1n) is 11.2. The van der Waals surface area contributed by atoms with Crippen molar-refractivity contribution in [1.29, 1.82) is 0 Å². The van der Waals surface area contributed by atoms with E-state index in [9.17, 15) is 4.79 Å². The Morgan fingerprint density at radius 2 is 2.03 bits per heavy atom. The average molecular weight is 447 g/mol. The van der Waals surface area contributed by atoms with Crippen LogP contribution in [0, 0.1) is 0 Å². The van der Waals surface area contributed by atoms with Crippen molar-refractivity contribution in [3.63, 3.8) is 0 Å². The summed E-state index contributed by atoms with van der Waals surface area (Å²) >= 11 is 6.62. The molecule has 9 heteroatoms. The van der Waals surface area contributed by atoms with Crippen LogP contribution in [0.2, 0.25) is 5.02 Å². The smallest absolute Gasteiger partial charge is 0.409 e. The minimum Gasteiger partial charge on any atom is -0.450 e. The number of halogens is 1. The highest BCUT2D eigenvalue weighted by atomic mass is 35.5. The van der Waals surface area contributed by atoms with Gasteiger partial charge in [-0.05, 0) is 38.3 Å². The molecule has 0 aromatic carbocycles.